The number of aromatic hydroxyl groups is 1. The maximum Gasteiger partial charge on any atom is 0.417 e. The van der Waals surface area contributed by atoms with Gasteiger partial charge in [-0.3, -0.25) is 19.4 Å². The van der Waals surface area contributed by atoms with Crippen LogP contribution in [0, 0.1) is 5.92 Å². The third kappa shape index (κ3) is 9.67. The van der Waals surface area contributed by atoms with Gasteiger partial charge in [0.2, 0.25) is 5.91 Å². The third-order valence-electron chi connectivity index (χ3n) is 7.85. The van der Waals surface area contributed by atoms with E-state index in [-0.39, 0.29) is 31.2 Å². The number of phenols is 1. The molecule has 4 rings (SSSR count). The van der Waals surface area contributed by atoms with Gasteiger partial charge < -0.3 is 25.2 Å². The Kier molecular flexibility index (Phi) is 11.5. The Labute approximate surface area is 274 Å². The van der Waals surface area contributed by atoms with Crippen LogP contribution >= 0.6 is 0 Å². The number of cyclic esters (lactones) is 1. The van der Waals surface area contributed by atoms with Gasteiger partial charge in [0.15, 0.2) is 0 Å². The summed E-state index contributed by atoms with van der Waals surface area (Å²) in [4.78, 5) is 67.6. The topological polar surface area (TPSA) is 167 Å². The second-order valence-electron chi connectivity index (χ2n) is 13.2. The number of nitrogens with zero attached hydrogens (tertiary/aromatic N) is 2. The second-order valence-corrected chi connectivity index (χ2v) is 13.2. The van der Waals surface area contributed by atoms with Crippen LogP contribution < -0.4 is 16.1 Å². The first-order chi connectivity index (χ1) is 22.2. The fraction of sp³-hybridized carbons (Fsp3) is 0.500. The van der Waals surface area contributed by atoms with Crippen molar-refractivity contribution < 1.29 is 38.6 Å². The molecule has 13 nitrogen and oxygen atoms in total. The van der Waals surface area contributed by atoms with Crippen LogP contribution in [0.15, 0.2) is 54.6 Å². The molecule has 2 saturated heterocycles. The molecule has 2 aliphatic heterocycles. The number of imide groups is 1. The molecule has 254 valence electrons. The molecule has 0 radical (unpaired) electrons. The van der Waals surface area contributed by atoms with E-state index in [0.717, 1.165) is 10.5 Å². The van der Waals surface area contributed by atoms with Crippen molar-refractivity contribution in [2.45, 2.75) is 90.1 Å². The number of hydrazine groups is 1. The summed E-state index contributed by atoms with van der Waals surface area (Å²) >= 11 is 0. The fourth-order valence-corrected chi connectivity index (χ4v) is 5.60. The Hall–Kier alpha value is -4.65. The average Bonchev–Trinajstić information content (AvgIpc) is 3.37. The molecular formula is C34H45N5O8. The van der Waals surface area contributed by atoms with E-state index in [1.54, 1.807) is 46.8 Å². The van der Waals surface area contributed by atoms with Crippen molar-refractivity contribution in [3.05, 3.63) is 65.7 Å². The number of nitrogens with one attached hydrogen (secondary N) is 3. The van der Waals surface area contributed by atoms with E-state index in [1.807, 2.05) is 30.3 Å². The van der Waals surface area contributed by atoms with Crippen LogP contribution in [0.3, 0.4) is 0 Å². The first-order valence-corrected chi connectivity index (χ1v) is 15.9. The van der Waals surface area contributed by atoms with Crippen LogP contribution in [0.25, 0.3) is 0 Å². The Morgan fingerprint density at radius 2 is 1.74 bits per heavy atom. The molecule has 4 atom stereocenters. The highest BCUT2D eigenvalue weighted by atomic mass is 16.6. The number of carbonyl (C=O) groups is 5. The Balaban J connectivity index is 1.51. The van der Waals surface area contributed by atoms with Gasteiger partial charge >= 0.3 is 12.2 Å². The second kappa shape index (κ2) is 15.3. The van der Waals surface area contributed by atoms with E-state index in [0.29, 0.717) is 24.8 Å². The number of carbonyl (C=O) groups excluding carboxylic acids is 5. The maximum atomic E-state index is 14.0. The summed E-state index contributed by atoms with van der Waals surface area (Å²) in [6.07, 6.45) is -0.212. The summed E-state index contributed by atoms with van der Waals surface area (Å²) in [5.41, 5.74) is 3.74. The number of hydrogen-bond acceptors (Lipinski definition) is 9. The number of amides is 5. The van der Waals surface area contributed by atoms with Gasteiger partial charge in [-0.15, -0.1) is 0 Å². The minimum Gasteiger partial charge on any atom is -0.508 e. The molecule has 2 aromatic rings. The van der Waals surface area contributed by atoms with Crippen molar-refractivity contribution in [3.63, 3.8) is 0 Å². The predicted molar refractivity (Wildman–Crippen MR) is 172 cm³/mol. The molecule has 0 unspecified atom stereocenters. The molecule has 2 heterocycles. The summed E-state index contributed by atoms with van der Waals surface area (Å²) in [5.74, 6) is -1.98. The van der Waals surface area contributed by atoms with E-state index in [1.165, 1.54) is 17.1 Å². The van der Waals surface area contributed by atoms with Gasteiger partial charge in [-0.25, -0.2) is 19.9 Å². The van der Waals surface area contributed by atoms with Gasteiger partial charge in [0, 0.05) is 13.0 Å². The summed E-state index contributed by atoms with van der Waals surface area (Å²) in [6.45, 7) is 8.95. The summed E-state index contributed by atoms with van der Waals surface area (Å²) in [6, 6.07) is 12.3. The predicted octanol–water partition coefficient (Wildman–Crippen LogP) is 3.05. The standard InChI is InChI=1S/C34H45N5O8/c1-21(2)28(36-32(44)47-34(3,4)5)29(41)35-27(19-23-13-9-14-25(40)18-23)30(42)38-16-10-15-26(37-38)31(43)39-24(20-46-33(39)45)17-22-11-7-6-8-12-22/h6-9,11-14,18,21,24,26-28,37,40H,10,15-17,19-20H2,1-5H3,(H,35,41)(H,36,44)/t24-,26-,27-,28-/m0/s1. The molecule has 4 N–H and O–H groups in total. The van der Waals surface area contributed by atoms with Crippen molar-refractivity contribution in [3.8, 4) is 5.75 Å². The van der Waals surface area contributed by atoms with Crippen molar-refractivity contribution in [2.75, 3.05) is 13.2 Å². The van der Waals surface area contributed by atoms with E-state index in [2.05, 4.69) is 16.1 Å². The lowest BCUT2D eigenvalue weighted by molar-refractivity contribution is -0.145. The van der Waals surface area contributed by atoms with Crippen molar-refractivity contribution in [2.24, 2.45) is 5.92 Å². The number of rotatable bonds is 10. The van der Waals surface area contributed by atoms with Gasteiger partial charge in [-0.1, -0.05) is 56.3 Å². The van der Waals surface area contributed by atoms with E-state index < -0.39 is 59.7 Å². The molecule has 2 fully saturated rings. The van der Waals surface area contributed by atoms with Crippen molar-refractivity contribution >= 4 is 29.9 Å². The molecule has 5 amide bonds. The normalized spacial score (nSPS) is 19.5. The number of alkyl carbamates (subject to hydrolysis) is 1. The zero-order valence-corrected chi connectivity index (χ0v) is 27.5. The molecule has 2 aliphatic rings. The van der Waals surface area contributed by atoms with E-state index >= 15 is 0 Å². The van der Waals surface area contributed by atoms with Gasteiger partial charge in [0.25, 0.3) is 11.8 Å². The zero-order chi connectivity index (χ0) is 34.3. The van der Waals surface area contributed by atoms with Crippen LogP contribution in [0.5, 0.6) is 5.75 Å². The largest absolute Gasteiger partial charge is 0.508 e. The van der Waals surface area contributed by atoms with Gasteiger partial charge in [-0.05, 0) is 69.2 Å². The highest BCUT2D eigenvalue weighted by Crippen LogP contribution is 2.22. The van der Waals surface area contributed by atoms with E-state index in [4.69, 9.17) is 9.47 Å². The van der Waals surface area contributed by atoms with Gasteiger partial charge in [0.1, 0.15) is 36.1 Å². The smallest absolute Gasteiger partial charge is 0.417 e. The Bertz CT molecular complexity index is 1440. The van der Waals surface area contributed by atoms with Crippen LogP contribution in [0.4, 0.5) is 9.59 Å². The molecule has 0 aliphatic carbocycles. The average molecular weight is 652 g/mol. The lowest BCUT2D eigenvalue weighted by Gasteiger charge is -2.37. The SMILES string of the molecule is CC(C)[C@H](NC(=O)OC(C)(C)C)C(=O)N[C@@H](Cc1cccc(O)c1)C(=O)N1CCC[C@@H](C(=O)N2C(=O)OC[C@@H]2Cc2ccccc2)N1. The summed E-state index contributed by atoms with van der Waals surface area (Å²) in [5, 5.41) is 16.7. The van der Waals surface area contributed by atoms with Crippen LogP contribution in [0.2, 0.25) is 0 Å². The zero-order valence-electron chi connectivity index (χ0n) is 27.5. The first kappa shape index (κ1) is 35.2. The third-order valence-corrected chi connectivity index (χ3v) is 7.85. The number of hydrogen-bond donors (Lipinski definition) is 4. The lowest BCUT2D eigenvalue weighted by atomic mass is 10.00. The summed E-state index contributed by atoms with van der Waals surface area (Å²) in [7, 11) is 0. The molecule has 0 bridgehead atoms. The highest BCUT2D eigenvalue weighted by Gasteiger charge is 2.43. The quantitative estimate of drug-likeness (QED) is 0.302. The number of ether oxygens (including phenoxy) is 2. The minimum atomic E-state index is -1.13. The van der Waals surface area contributed by atoms with E-state index in [9.17, 15) is 29.1 Å². The van der Waals surface area contributed by atoms with Crippen molar-refractivity contribution in [1.82, 2.24) is 26.0 Å². The summed E-state index contributed by atoms with van der Waals surface area (Å²) < 4.78 is 10.6. The molecule has 0 saturated carbocycles. The Morgan fingerprint density at radius 3 is 2.40 bits per heavy atom. The molecule has 0 aromatic heterocycles. The van der Waals surface area contributed by atoms with Crippen LogP contribution in [-0.2, 0) is 36.7 Å². The molecular weight excluding hydrogens is 606 g/mol. The minimum absolute atomic E-state index is 0.00371. The van der Waals surface area contributed by atoms with Gasteiger partial charge in [0.05, 0.1) is 6.04 Å². The molecule has 0 spiro atoms. The highest BCUT2D eigenvalue weighted by molar-refractivity contribution is 5.97. The van der Waals surface area contributed by atoms with Crippen LogP contribution in [0.1, 0.15) is 58.6 Å². The molecule has 2 aromatic carbocycles. The Morgan fingerprint density at radius 1 is 1.04 bits per heavy atom. The number of benzene rings is 2. The lowest BCUT2D eigenvalue weighted by Crippen LogP contribution is -2.63. The fourth-order valence-electron chi connectivity index (χ4n) is 5.60. The van der Waals surface area contributed by atoms with Crippen LogP contribution in [-0.4, -0.2) is 87.8 Å². The number of phenolic OH excluding ortho intramolecular Hbond substituents is 1. The first-order valence-electron chi connectivity index (χ1n) is 15.9. The molecule has 47 heavy (non-hydrogen) atoms. The molecule has 13 heteroatoms. The maximum absolute atomic E-state index is 14.0. The monoisotopic (exact) mass is 651 g/mol. The van der Waals surface area contributed by atoms with Gasteiger partial charge in [-0.2, -0.15) is 0 Å². The van der Waals surface area contributed by atoms with Crippen molar-refractivity contribution in [1.29, 1.82) is 0 Å².